The van der Waals surface area contributed by atoms with Crippen molar-refractivity contribution in [3.05, 3.63) is 46.9 Å². The van der Waals surface area contributed by atoms with E-state index in [2.05, 4.69) is 5.32 Å². The van der Waals surface area contributed by atoms with Gasteiger partial charge < -0.3 is 20.4 Å². The minimum Gasteiger partial charge on any atom is -0.455 e. The van der Waals surface area contributed by atoms with Gasteiger partial charge in [-0.3, -0.25) is 4.79 Å². The number of furan rings is 1. The monoisotopic (exact) mass is 293 g/mol. The van der Waals surface area contributed by atoms with Gasteiger partial charge in [-0.05, 0) is 30.3 Å². The van der Waals surface area contributed by atoms with Crippen molar-refractivity contribution in [3.63, 3.8) is 0 Å². The van der Waals surface area contributed by atoms with E-state index in [1.54, 1.807) is 24.3 Å². The Morgan fingerprint density at radius 2 is 2.10 bits per heavy atom. The van der Waals surface area contributed by atoms with E-state index in [1.165, 1.54) is 0 Å². The minimum atomic E-state index is -0.338. The second-order valence-corrected chi connectivity index (χ2v) is 4.92. The maximum Gasteiger partial charge on any atom is 0.291 e. The third-order valence-corrected chi connectivity index (χ3v) is 3.01. The molecule has 0 radical (unpaired) electrons. The first-order chi connectivity index (χ1) is 9.51. The van der Waals surface area contributed by atoms with Crippen LogP contribution in [0.25, 0.3) is 0 Å². The lowest BCUT2D eigenvalue weighted by Crippen LogP contribution is -2.16. The standard InChI is InChI=1S/C14H16ClN3O2/c1-18(2)12-5-3-9(15)7-11(12)17-14(19)13-6-4-10(8-16)20-13/h3-7H,8,16H2,1-2H3,(H,17,19). The van der Waals surface area contributed by atoms with Crippen LogP contribution in [0.5, 0.6) is 0 Å². The molecule has 0 aliphatic heterocycles. The van der Waals surface area contributed by atoms with Gasteiger partial charge in [0.1, 0.15) is 5.76 Å². The molecule has 1 aromatic heterocycles. The van der Waals surface area contributed by atoms with E-state index in [0.717, 1.165) is 5.69 Å². The van der Waals surface area contributed by atoms with Crippen molar-refractivity contribution >= 4 is 28.9 Å². The predicted octanol–water partition coefficient (Wildman–Crippen LogP) is 2.71. The third-order valence-electron chi connectivity index (χ3n) is 2.78. The predicted molar refractivity (Wildman–Crippen MR) is 80.3 cm³/mol. The zero-order valence-electron chi connectivity index (χ0n) is 11.3. The summed E-state index contributed by atoms with van der Waals surface area (Å²) >= 11 is 5.97. The van der Waals surface area contributed by atoms with Crippen LogP contribution in [0.15, 0.2) is 34.7 Å². The quantitative estimate of drug-likeness (QED) is 0.909. The Bertz CT molecular complexity index is 623. The number of nitrogens with one attached hydrogen (secondary N) is 1. The van der Waals surface area contributed by atoms with Crippen molar-refractivity contribution in [3.8, 4) is 0 Å². The lowest BCUT2D eigenvalue weighted by Gasteiger charge is -2.17. The second-order valence-electron chi connectivity index (χ2n) is 4.48. The molecule has 0 aliphatic rings. The maximum absolute atomic E-state index is 12.1. The number of anilines is 2. The molecule has 1 amide bonds. The zero-order chi connectivity index (χ0) is 14.7. The van der Waals surface area contributed by atoms with Crippen molar-refractivity contribution in [1.82, 2.24) is 0 Å². The molecule has 0 unspecified atom stereocenters. The van der Waals surface area contributed by atoms with Crippen molar-refractivity contribution < 1.29 is 9.21 Å². The van der Waals surface area contributed by atoms with E-state index in [-0.39, 0.29) is 18.2 Å². The van der Waals surface area contributed by atoms with Crippen LogP contribution in [-0.4, -0.2) is 20.0 Å². The van der Waals surface area contributed by atoms with Crippen molar-refractivity contribution in [2.45, 2.75) is 6.54 Å². The molecule has 0 saturated heterocycles. The highest BCUT2D eigenvalue weighted by Crippen LogP contribution is 2.28. The van der Waals surface area contributed by atoms with Gasteiger partial charge in [-0.25, -0.2) is 0 Å². The number of rotatable bonds is 4. The lowest BCUT2D eigenvalue weighted by atomic mass is 10.2. The van der Waals surface area contributed by atoms with Crippen LogP contribution < -0.4 is 16.0 Å². The molecule has 106 valence electrons. The molecular formula is C14H16ClN3O2. The summed E-state index contributed by atoms with van der Waals surface area (Å²) in [5.41, 5.74) is 6.93. The molecule has 1 aromatic carbocycles. The van der Waals surface area contributed by atoms with E-state index in [4.69, 9.17) is 21.8 Å². The molecule has 5 nitrogen and oxygen atoms in total. The number of carbonyl (C=O) groups excluding carboxylic acids is 1. The molecule has 0 bridgehead atoms. The SMILES string of the molecule is CN(C)c1ccc(Cl)cc1NC(=O)c1ccc(CN)o1. The smallest absolute Gasteiger partial charge is 0.291 e. The fourth-order valence-electron chi connectivity index (χ4n) is 1.79. The molecule has 0 aliphatic carbocycles. The van der Waals surface area contributed by atoms with E-state index in [9.17, 15) is 4.79 Å². The Labute approximate surface area is 122 Å². The van der Waals surface area contributed by atoms with E-state index in [1.807, 2.05) is 25.1 Å². The summed E-state index contributed by atoms with van der Waals surface area (Å²) in [5, 5.41) is 3.34. The van der Waals surface area contributed by atoms with Crippen LogP contribution >= 0.6 is 11.6 Å². The van der Waals surface area contributed by atoms with Gasteiger partial charge in [0.25, 0.3) is 5.91 Å². The summed E-state index contributed by atoms with van der Waals surface area (Å²) in [6.45, 7) is 0.257. The molecular weight excluding hydrogens is 278 g/mol. The highest BCUT2D eigenvalue weighted by Gasteiger charge is 2.14. The van der Waals surface area contributed by atoms with Gasteiger partial charge in [-0.15, -0.1) is 0 Å². The summed E-state index contributed by atoms with van der Waals surface area (Å²) in [4.78, 5) is 14.0. The first kappa shape index (κ1) is 14.4. The topological polar surface area (TPSA) is 71.5 Å². The number of hydrogen-bond acceptors (Lipinski definition) is 4. The van der Waals surface area contributed by atoms with E-state index in [0.29, 0.717) is 16.5 Å². The van der Waals surface area contributed by atoms with Gasteiger partial charge in [0.2, 0.25) is 0 Å². The Morgan fingerprint density at radius 1 is 1.35 bits per heavy atom. The number of hydrogen-bond donors (Lipinski definition) is 2. The lowest BCUT2D eigenvalue weighted by molar-refractivity contribution is 0.0995. The summed E-state index contributed by atoms with van der Waals surface area (Å²) in [5.74, 6) is 0.444. The first-order valence-corrected chi connectivity index (χ1v) is 6.46. The number of nitrogens with zero attached hydrogens (tertiary/aromatic N) is 1. The van der Waals surface area contributed by atoms with Gasteiger partial charge in [-0.1, -0.05) is 11.6 Å². The molecule has 0 saturated carbocycles. The molecule has 2 aromatic rings. The highest BCUT2D eigenvalue weighted by molar-refractivity contribution is 6.31. The average molecular weight is 294 g/mol. The van der Waals surface area contributed by atoms with Gasteiger partial charge in [0.15, 0.2) is 5.76 Å². The van der Waals surface area contributed by atoms with Crippen LogP contribution in [0, 0.1) is 0 Å². The second kappa shape index (κ2) is 5.98. The number of benzene rings is 1. The molecule has 3 N–H and O–H groups in total. The van der Waals surface area contributed by atoms with Crippen LogP contribution in [0.2, 0.25) is 5.02 Å². The minimum absolute atomic E-state index is 0.218. The highest BCUT2D eigenvalue weighted by atomic mass is 35.5. The fraction of sp³-hybridized carbons (Fsp3) is 0.214. The Kier molecular flexibility index (Phi) is 4.32. The Morgan fingerprint density at radius 3 is 2.70 bits per heavy atom. The van der Waals surface area contributed by atoms with Crippen molar-refractivity contribution in [2.24, 2.45) is 5.73 Å². The number of carbonyl (C=O) groups is 1. The first-order valence-electron chi connectivity index (χ1n) is 6.08. The van der Waals surface area contributed by atoms with Gasteiger partial charge >= 0.3 is 0 Å². The molecule has 0 fully saturated rings. The number of amides is 1. The zero-order valence-corrected chi connectivity index (χ0v) is 12.1. The average Bonchev–Trinajstić information content (AvgIpc) is 2.87. The van der Waals surface area contributed by atoms with Crippen molar-refractivity contribution in [2.75, 3.05) is 24.3 Å². The summed E-state index contributed by atoms with van der Waals surface area (Å²) in [6, 6.07) is 8.58. The van der Waals surface area contributed by atoms with Crippen LogP contribution in [-0.2, 0) is 6.54 Å². The van der Waals surface area contributed by atoms with Gasteiger partial charge in [0.05, 0.1) is 17.9 Å². The summed E-state index contributed by atoms with van der Waals surface area (Å²) in [6.07, 6.45) is 0. The largest absolute Gasteiger partial charge is 0.455 e. The molecule has 6 heteroatoms. The van der Waals surface area contributed by atoms with Crippen LogP contribution in [0.3, 0.4) is 0 Å². The Hall–Kier alpha value is -1.98. The van der Waals surface area contributed by atoms with Crippen molar-refractivity contribution in [1.29, 1.82) is 0 Å². The molecule has 2 rings (SSSR count). The number of halogens is 1. The van der Waals surface area contributed by atoms with Gasteiger partial charge in [-0.2, -0.15) is 0 Å². The molecule has 0 spiro atoms. The van der Waals surface area contributed by atoms with E-state index >= 15 is 0 Å². The maximum atomic E-state index is 12.1. The summed E-state index contributed by atoms with van der Waals surface area (Å²) in [7, 11) is 3.77. The normalized spacial score (nSPS) is 10.4. The van der Waals surface area contributed by atoms with Crippen LogP contribution in [0.1, 0.15) is 16.3 Å². The van der Waals surface area contributed by atoms with Crippen LogP contribution in [0.4, 0.5) is 11.4 Å². The molecule has 1 heterocycles. The molecule has 0 atom stereocenters. The molecule has 20 heavy (non-hydrogen) atoms. The number of nitrogens with two attached hydrogens (primary N) is 1. The third kappa shape index (κ3) is 3.12. The summed E-state index contributed by atoms with van der Waals surface area (Å²) < 4.78 is 5.31. The van der Waals surface area contributed by atoms with E-state index < -0.39 is 0 Å². The Balaban J connectivity index is 2.24. The fourth-order valence-corrected chi connectivity index (χ4v) is 1.96. The van der Waals surface area contributed by atoms with Gasteiger partial charge in [0, 0.05) is 19.1 Å².